The minimum atomic E-state index is -0.843. The molecule has 0 saturated carbocycles. The minimum absolute atomic E-state index is 0.0416. The molecule has 1 heterocycles. The monoisotopic (exact) mass is 439 g/mol. The highest BCUT2D eigenvalue weighted by Gasteiger charge is 2.40. The van der Waals surface area contributed by atoms with Crippen LogP contribution in [-0.4, -0.2) is 37.5 Å². The number of unbranched alkanes of at least 4 members (excludes halogenated alkanes) is 1. The summed E-state index contributed by atoms with van der Waals surface area (Å²) in [5.41, 5.74) is 7.91. The van der Waals surface area contributed by atoms with Gasteiger partial charge in [0.25, 0.3) is 11.8 Å². The summed E-state index contributed by atoms with van der Waals surface area (Å²) >= 11 is 0. The number of hydrogen-bond acceptors (Lipinski definition) is 6. The van der Waals surface area contributed by atoms with Crippen molar-refractivity contribution in [1.82, 2.24) is 10.9 Å². The number of amides is 3. The zero-order valence-electron chi connectivity index (χ0n) is 18.9. The number of nitrogens with one attached hydrogen (secondary N) is 2. The number of rotatable bonds is 9. The van der Waals surface area contributed by atoms with Gasteiger partial charge in [0.1, 0.15) is 6.04 Å². The van der Waals surface area contributed by atoms with E-state index in [1.807, 2.05) is 32.0 Å². The van der Waals surface area contributed by atoms with Gasteiger partial charge in [-0.15, -0.1) is 0 Å². The van der Waals surface area contributed by atoms with Crippen LogP contribution in [0.15, 0.2) is 36.4 Å². The molecule has 8 heteroatoms. The molecule has 170 valence electrons. The molecule has 0 bridgehead atoms. The molecule has 2 aromatic rings. The Hall–Kier alpha value is -3.39. The van der Waals surface area contributed by atoms with E-state index in [-0.39, 0.29) is 12.3 Å². The van der Waals surface area contributed by atoms with Crippen LogP contribution in [0.5, 0.6) is 11.5 Å². The van der Waals surface area contributed by atoms with Crippen LogP contribution in [0.2, 0.25) is 0 Å². The lowest BCUT2D eigenvalue weighted by molar-refractivity contribution is -0.121. The van der Waals surface area contributed by atoms with Crippen molar-refractivity contribution in [2.45, 2.75) is 46.1 Å². The molecule has 1 fully saturated rings. The number of carbonyl (C=O) groups excluding carboxylic acids is 3. The molecule has 2 aromatic carbocycles. The zero-order chi connectivity index (χ0) is 23.3. The third-order valence-corrected chi connectivity index (χ3v) is 5.29. The van der Waals surface area contributed by atoms with Crippen molar-refractivity contribution in [3.63, 3.8) is 0 Å². The first-order chi connectivity index (χ1) is 15.3. The Bertz CT molecular complexity index is 1020. The predicted molar refractivity (Wildman–Crippen MR) is 121 cm³/mol. The molecule has 1 saturated heterocycles. The molecule has 0 unspecified atom stereocenters. The zero-order valence-corrected chi connectivity index (χ0v) is 18.9. The van der Waals surface area contributed by atoms with Gasteiger partial charge >= 0.3 is 0 Å². The molecule has 0 spiro atoms. The Morgan fingerprint density at radius 1 is 1.12 bits per heavy atom. The van der Waals surface area contributed by atoms with Crippen molar-refractivity contribution in [1.29, 1.82) is 0 Å². The lowest BCUT2D eigenvalue weighted by atomic mass is 10.1. The Morgan fingerprint density at radius 2 is 1.91 bits per heavy atom. The van der Waals surface area contributed by atoms with Crippen molar-refractivity contribution in [3.8, 4) is 11.5 Å². The molecule has 0 aromatic heterocycles. The smallest absolute Gasteiger partial charge is 0.265 e. The molecule has 1 aliphatic heterocycles. The topological polar surface area (TPSA) is 97.0 Å². The Labute approximate surface area is 187 Å². The van der Waals surface area contributed by atoms with Crippen LogP contribution >= 0.6 is 0 Å². The Balaban J connectivity index is 1.65. The molecule has 1 atom stereocenters. The van der Waals surface area contributed by atoms with Gasteiger partial charge in [0.2, 0.25) is 5.91 Å². The molecule has 3 rings (SSSR count). The number of imide groups is 1. The number of anilines is 1. The number of methoxy groups -OCH3 is 1. The molecule has 0 aliphatic carbocycles. The summed E-state index contributed by atoms with van der Waals surface area (Å²) in [6.45, 7) is 6.39. The summed E-state index contributed by atoms with van der Waals surface area (Å²) in [6.07, 6.45) is 1.89. The quantitative estimate of drug-likeness (QED) is 0.354. The SMILES string of the molecule is CCCCOc1ccc(C(=O)NN[C@@H]2CC(=O)N(c3cc(C)ccc3C)C2=O)cc1OC. The van der Waals surface area contributed by atoms with E-state index < -0.39 is 17.9 Å². The van der Waals surface area contributed by atoms with E-state index in [0.29, 0.717) is 29.4 Å². The van der Waals surface area contributed by atoms with Gasteiger partial charge in [0, 0.05) is 5.56 Å². The normalized spacial score (nSPS) is 15.8. The number of carbonyl (C=O) groups is 3. The van der Waals surface area contributed by atoms with E-state index in [1.54, 1.807) is 18.2 Å². The van der Waals surface area contributed by atoms with Crippen molar-refractivity contribution in [3.05, 3.63) is 53.1 Å². The van der Waals surface area contributed by atoms with E-state index in [4.69, 9.17) is 9.47 Å². The fourth-order valence-corrected chi connectivity index (χ4v) is 3.44. The van der Waals surface area contributed by atoms with Crippen LogP contribution in [0.3, 0.4) is 0 Å². The van der Waals surface area contributed by atoms with E-state index in [0.717, 1.165) is 24.0 Å². The average Bonchev–Trinajstić information content (AvgIpc) is 3.07. The van der Waals surface area contributed by atoms with Crippen molar-refractivity contribution in [2.75, 3.05) is 18.6 Å². The van der Waals surface area contributed by atoms with Gasteiger partial charge in [-0.1, -0.05) is 25.5 Å². The Kier molecular flexibility index (Phi) is 7.48. The number of benzene rings is 2. The number of hydrogen-bond donors (Lipinski definition) is 2. The highest BCUT2D eigenvalue weighted by atomic mass is 16.5. The van der Waals surface area contributed by atoms with Gasteiger partial charge in [0.15, 0.2) is 11.5 Å². The fourth-order valence-electron chi connectivity index (χ4n) is 3.44. The standard InChI is InChI=1S/C24H29N3O5/c1-5-6-11-32-20-10-9-17(13-21(20)31-4)23(29)26-25-18-14-22(28)27(24(18)30)19-12-15(2)7-8-16(19)3/h7-10,12-13,18,25H,5-6,11,14H2,1-4H3,(H,26,29)/t18-/m1/s1. The molecule has 2 N–H and O–H groups in total. The minimum Gasteiger partial charge on any atom is -0.493 e. The number of nitrogens with zero attached hydrogens (tertiary/aromatic N) is 1. The first kappa shape index (κ1) is 23.3. The maximum absolute atomic E-state index is 12.9. The summed E-state index contributed by atoms with van der Waals surface area (Å²) in [6, 6.07) is 9.63. The Morgan fingerprint density at radius 3 is 2.62 bits per heavy atom. The van der Waals surface area contributed by atoms with Crippen molar-refractivity contribution in [2.24, 2.45) is 0 Å². The van der Waals surface area contributed by atoms with Crippen LogP contribution in [-0.2, 0) is 9.59 Å². The van der Waals surface area contributed by atoms with Gasteiger partial charge in [-0.2, -0.15) is 0 Å². The first-order valence-electron chi connectivity index (χ1n) is 10.7. The lowest BCUT2D eigenvalue weighted by Gasteiger charge is -2.18. The predicted octanol–water partition coefficient (Wildman–Crippen LogP) is 3.06. The van der Waals surface area contributed by atoms with Crippen LogP contribution in [0.1, 0.15) is 47.7 Å². The third kappa shape index (κ3) is 5.08. The number of aryl methyl sites for hydroxylation is 2. The largest absolute Gasteiger partial charge is 0.493 e. The summed E-state index contributed by atoms with van der Waals surface area (Å²) < 4.78 is 11.0. The second-order valence-electron chi connectivity index (χ2n) is 7.78. The van der Waals surface area contributed by atoms with E-state index in [2.05, 4.69) is 17.8 Å². The van der Waals surface area contributed by atoms with E-state index in [1.165, 1.54) is 12.0 Å². The summed E-state index contributed by atoms with van der Waals surface area (Å²) in [5.74, 6) is -0.158. The summed E-state index contributed by atoms with van der Waals surface area (Å²) in [5, 5.41) is 0. The second kappa shape index (κ2) is 10.3. The van der Waals surface area contributed by atoms with Gasteiger partial charge in [-0.25, -0.2) is 10.3 Å². The van der Waals surface area contributed by atoms with Crippen LogP contribution in [0.25, 0.3) is 0 Å². The van der Waals surface area contributed by atoms with Crippen LogP contribution in [0, 0.1) is 13.8 Å². The van der Waals surface area contributed by atoms with Crippen LogP contribution < -0.4 is 25.2 Å². The number of ether oxygens (including phenoxy) is 2. The summed E-state index contributed by atoms with van der Waals surface area (Å²) in [4.78, 5) is 39.2. The number of hydrazine groups is 1. The van der Waals surface area contributed by atoms with Crippen molar-refractivity contribution < 1.29 is 23.9 Å². The maximum atomic E-state index is 12.9. The van der Waals surface area contributed by atoms with E-state index >= 15 is 0 Å². The van der Waals surface area contributed by atoms with E-state index in [9.17, 15) is 14.4 Å². The lowest BCUT2D eigenvalue weighted by Crippen LogP contribution is -2.48. The molecule has 0 radical (unpaired) electrons. The fraction of sp³-hybridized carbons (Fsp3) is 0.375. The molecule has 1 aliphatic rings. The molecular formula is C24H29N3O5. The molecule has 8 nitrogen and oxygen atoms in total. The van der Waals surface area contributed by atoms with Gasteiger partial charge in [0.05, 0.1) is 25.8 Å². The van der Waals surface area contributed by atoms with Gasteiger partial charge < -0.3 is 9.47 Å². The second-order valence-corrected chi connectivity index (χ2v) is 7.78. The molecule has 32 heavy (non-hydrogen) atoms. The maximum Gasteiger partial charge on any atom is 0.265 e. The highest BCUT2D eigenvalue weighted by molar-refractivity contribution is 6.22. The third-order valence-electron chi connectivity index (χ3n) is 5.29. The first-order valence-corrected chi connectivity index (χ1v) is 10.7. The van der Waals surface area contributed by atoms with Crippen molar-refractivity contribution >= 4 is 23.4 Å². The van der Waals surface area contributed by atoms with Crippen LogP contribution in [0.4, 0.5) is 5.69 Å². The highest BCUT2D eigenvalue weighted by Crippen LogP contribution is 2.29. The molecule has 3 amide bonds. The van der Waals surface area contributed by atoms with Gasteiger partial charge in [-0.05, 0) is 55.7 Å². The van der Waals surface area contributed by atoms with Gasteiger partial charge in [-0.3, -0.25) is 19.8 Å². The molecular weight excluding hydrogens is 410 g/mol. The summed E-state index contributed by atoms with van der Waals surface area (Å²) in [7, 11) is 1.51. The average molecular weight is 440 g/mol.